The molecule has 1 aliphatic heterocycles. The van der Waals surface area contributed by atoms with E-state index in [-0.39, 0.29) is 28.6 Å². The second-order valence-electron chi connectivity index (χ2n) is 13.1. The number of nitrogens with zero attached hydrogens (tertiary/aromatic N) is 7. The van der Waals surface area contributed by atoms with Gasteiger partial charge in [0.1, 0.15) is 11.5 Å². The fourth-order valence-electron chi connectivity index (χ4n) is 5.93. The van der Waals surface area contributed by atoms with Crippen molar-refractivity contribution >= 4 is 44.0 Å². The van der Waals surface area contributed by atoms with Gasteiger partial charge in [0.25, 0.3) is 10.0 Å². The van der Waals surface area contributed by atoms with Gasteiger partial charge in [-0.25, -0.2) is 22.4 Å². The first-order valence-electron chi connectivity index (χ1n) is 15.7. The quantitative estimate of drug-likeness (QED) is 0.195. The Morgan fingerprint density at radius 2 is 1.81 bits per heavy atom. The van der Waals surface area contributed by atoms with Gasteiger partial charge >= 0.3 is 0 Å². The Labute approximate surface area is 278 Å². The van der Waals surface area contributed by atoms with Crippen molar-refractivity contribution in [1.82, 2.24) is 33.3 Å². The first-order chi connectivity index (χ1) is 22.9. The molecule has 1 fully saturated rings. The molecule has 1 aliphatic rings. The van der Waals surface area contributed by atoms with Crippen LogP contribution in [0, 0.1) is 6.92 Å². The van der Waals surface area contributed by atoms with Crippen LogP contribution in [-0.2, 0) is 38.6 Å². The van der Waals surface area contributed by atoms with Crippen LogP contribution in [-0.4, -0.2) is 62.0 Å². The number of ether oxygens (including phenoxy) is 3. The van der Waals surface area contributed by atoms with Crippen molar-refractivity contribution in [3.63, 3.8) is 0 Å². The summed E-state index contributed by atoms with van der Waals surface area (Å²) in [7, 11) is -0.434. The highest BCUT2D eigenvalue weighted by Crippen LogP contribution is 2.33. The first-order valence-corrected chi connectivity index (χ1v) is 17.1. The van der Waals surface area contributed by atoms with Crippen LogP contribution in [0.15, 0.2) is 66.0 Å². The third kappa shape index (κ3) is 5.80. The summed E-state index contributed by atoms with van der Waals surface area (Å²) in [6.45, 7) is 10.0. The van der Waals surface area contributed by atoms with Crippen LogP contribution in [0.4, 0.5) is 11.8 Å². The average Bonchev–Trinajstić information content (AvgIpc) is 3.85. The molecule has 0 saturated carbocycles. The number of aromatic nitrogens is 7. The maximum absolute atomic E-state index is 13.6. The van der Waals surface area contributed by atoms with Crippen molar-refractivity contribution in [3.8, 4) is 11.5 Å². The van der Waals surface area contributed by atoms with E-state index in [9.17, 15) is 8.42 Å². The van der Waals surface area contributed by atoms with Crippen LogP contribution in [0.5, 0.6) is 11.5 Å². The van der Waals surface area contributed by atoms with Gasteiger partial charge in [0.15, 0.2) is 17.1 Å². The molecule has 0 bridgehead atoms. The largest absolute Gasteiger partial charge is 0.454 e. The highest BCUT2D eigenvalue weighted by atomic mass is 32.2. The topological polar surface area (TPSA) is 140 Å². The van der Waals surface area contributed by atoms with Crippen molar-refractivity contribution in [3.05, 3.63) is 77.9 Å². The third-order valence-electron chi connectivity index (χ3n) is 8.49. The van der Waals surface area contributed by atoms with Crippen LogP contribution in [0.2, 0.25) is 0 Å². The zero-order valence-corrected chi connectivity index (χ0v) is 28.6. The lowest BCUT2D eigenvalue weighted by molar-refractivity contribution is 0.183. The Morgan fingerprint density at radius 3 is 2.52 bits per heavy atom. The molecule has 5 aromatic heterocycles. The Hall–Kier alpha value is -4.79. The SMILES string of the molecule is COCc1cn(S(=O)(=O)c2ccc(C)cc2)c2ncc(Oc3cnc4nc(Nc5cc(C(C)(C)C)n([C@H]6CCOC6)n5)n(C)c4c3)cc12. The van der Waals surface area contributed by atoms with Crippen LogP contribution in [0.3, 0.4) is 0 Å². The normalized spacial score (nSPS) is 15.5. The minimum atomic E-state index is -3.89. The number of fused-ring (bicyclic) bond motifs is 2. The number of rotatable bonds is 9. The number of hydrogen-bond acceptors (Lipinski definition) is 10. The standard InChI is InChI=1S/C34H38N8O5S/c1-21-7-9-26(10-8-21)48(43,44)41-18-22(19-45-6)27-13-24(17-36-32(27)41)47-25-14-28-31(35-16-25)38-33(40(28)5)37-30-15-29(34(2,3)4)42(39-30)23-11-12-46-20-23/h7-10,13-18,23H,11-12,19-20H2,1-6H3,(H,35,37,38,39)/t23-/m0/s1. The van der Waals surface area contributed by atoms with Gasteiger partial charge < -0.3 is 24.1 Å². The van der Waals surface area contributed by atoms with Crippen molar-refractivity contribution < 1.29 is 22.6 Å². The van der Waals surface area contributed by atoms with Crippen LogP contribution in [0.1, 0.15) is 50.1 Å². The van der Waals surface area contributed by atoms with Gasteiger partial charge in [-0.05, 0) is 31.5 Å². The van der Waals surface area contributed by atoms with E-state index < -0.39 is 10.0 Å². The maximum atomic E-state index is 13.6. The zero-order valence-electron chi connectivity index (χ0n) is 27.8. The maximum Gasteiger partial charge on any atom is 0.269 e. The van der Waals surface area contributed by atoms with E-state index in [1.807, 2.05) is 24.6 Å². The molecule has 0 amide bonds. The first kappa shape index (κ1) is 31.8. The van der Waals surface area contributed by atoms with E-state index in [4.69, 9.17) is 24.3 Å². The van der Waals surface area contributed by atoms with E-state index in [1.165, 1.54) is 10.2 Å². The van der Waals surface area contributed by atoms with Crippen LogP contribution < -0.4 is 10.1 Å². The number of benzene rings is 1. The van der Waals surface area contributed by atoms with Crippen molar-refractivity contribution in [2.24, 2.45) is 7.05 Å². The molecule has 250 valence electrons. The molecule has 13 nitrogen and oxygen atoms in total. The van der Waals surface area contributed by atoms with Crippen molar-refractivity contribution in [2.45, 2.75) is 57.1 Å². The van der Waals surface area contributed by atoms with E-state index in [0.29, 0.717) is 46.5 Å². The van der Waals surface area contributed by atoms with Gasteiger partial charge in [-0.3, -0.25) is 4.68 Å². The molecule has 48 heavy (non-hydrogen) atoms. The summed E-state index contributed by atoms with van der Waals surface area (Å²) in [5.41, 5.74) is 4.22. The Kier molecular flexibility index (Phi) is 7.96. The average molecular weight is 671 g/mol. The molecular weight excluding hydrogens is 632 g/mol. The van der Waals surface area contributed by atoms with E-state index >= 15 is 0 Å². The Morgan fingerprint density at radius 1 is 1.06 bits per heavy atom. The highest BCUT2D eigenvalue weighted by molar-refractivity contribution is 7.90. The molecule has 14 heteroatoms. The molecule has 1 aromatic carbocycles. The second-order valence-corrected chi connectivity index (χ2v) is 14.9. The fourth-order valence-corrected chi connectivity index (χ4v) is 7.28. The lowest BCUT2D eigenvalue weighted by Crippen LogP contribution is -2.22. The highest BCUT2D eigenvalue weighted by Gasteiger charge is 2.28. The monoisotopic (exact) mass is 670 g/mol. The second kappa shape index (κ2) is 12.0. The Balaban J connectivity index is 1.17. The summed E-state index contributed by atoms with van der Waals surface area (Å²) in [5.74, 6) is 2.18. The molecule has 0 radical (unpaired) electrons. The summed E-state index contributed by atoms with van der Waals surface area (Å²) in [6, 6.07) is 12.6. The van der Waals surface area contributed by atoms with E-state index in [1.54, 1.807) is 49.8 Å². The molecule has 1 atom stereocenters. The minimum absolute atomic E-state index is 0.101. The fraction of sp³-hybridized carbons (Fsp3) is 0.353. The van der Waals surface area contributed by atoms with Crippen molar-refractivity contribution in [1.29, 1.82) is 0 Å². The number of imidazole rings is 1. The minimum Gasteiger partial charge on any atom is -0.454 e. The molecule has 6 aromatic rings. The van der Waals surface area contributed by atoms with Gasteiger partial charge in [0.05, 0.1) is 42.1 Å². The molecule has 1 saturated heterocycles. The van der Waals surface area contributed by atoms with Gasteiger partial charge in [0, 0.05) is 61.2 Å². The summed E-state index contributed by atoms with van der Waals surface area (Å²) in [6.07, 6.45) is 5.57. The number of aryl methyl sites for hydroxylation is 2. The summed E-state index contributed by atoms with van der Waals surface area (Å²) >= 11 is 0. The molecule has 0 unspecified atom stereocenters. The number of methoxy groups -OCH3 is 1. The lowest BCUT2D eigenvalue weighted by atomic mass is 9.91. The molecule has 0 spiro atoms. The number of hydrogen-bond donors (Lipinski definition) is 1. The van der Waals surface area contributed by atoms with Gasteiger partial charge in [-0.15, -0.1) is 0 Å². The van der Waals surface area contributed by atoms with Gasteiger partial charge in [-0.2, -0.15) is 10.1 Å². The molecular formula is C34H38N8O5S. The smallest absolute Gasteiger partial charge is 0.269 e. The summed E-state index contributed by atoms with van der Waals surface area (Å²) < 4.78 is 49.5. The number of anilines is 2. The Bertz CT molecular complexity index is 2240. The van der Waals surface area contributed by atoms with Gasteiger partial charge in [0.2, 0.25) is 5.95 Å². The summed E-state index contributed by atoms with van der Waals surface area (Å²) in [4.78, 5) is 13.9. The lowest BCUT2D eigenvalue weighted by Gasteiger charge is -2.22. The van der Waals surface area contributed by atoms with E-state index in [2.05, 4.69) is 46.8 Å². The molecule has 7 rings (SSSR count). The third-order valence-corrected chi connectivity index (χ3v) is 10.2. The predicted octanol–water partition coefficient (Wildman–Crippen LogP) is 6.00. The van der Waals surface area contributed by atoms with E-state index in [0.717, 1.165) is 29.8 Å². The molecule has 1 N–H and O–H groups in total. The molecule has 6 heterocycles. The zero-order chi connectivity index (χ0) is 33.8. The predicted molar refractivity (Wildman–Crippen MR) is 181 cm³/mol. The summed E-state index contributed by atoms with van der Waals surface area (Å²) in [5, 5.41) is 8.87. The van der Waals surface area contributed by atoms with Crippen LogP contribution in [0.25, 0.3) is 22.2 Å². The van der Waals surface area contributed by atoms with Crippen LogP contribution >= 0.6 is 0 Å². The number of nitrogens with one attached hydrogen (secondary N) is 1. The van der Waals surface area contributed by atoms with Crippen molar-refractivity contribution in [2.75, 3.05) is 25.6 Å². The number of pyridine rings is 2. The van der Waals surface area contributed by atoms with Gasteiger partial charge in [-0.1, -0.05) is 38.5 Å². The molecule has 0 aliphatic carbocycles.